The molecule has 1 aromatic carbocycles. The van der Waals surface area contributed by atoms with Gasteiger partial charge in [-0.15, -0.1) is 0 Å². The van der Waals surface area contributed by atoms with Crippen molar-refractivity contribution < 1.29 is 17.6 Å². The molecule has 2 rings (SSSR count). The summed E-state index contributed by atoms with van der Waals surface area (Å²) >= 11 is 5.59. The number of halogens is 4. The molecular weight excluding hydrogens is 217 g/mol. The molecule has 14 heavy (non-hydrogen) atoms. The minimum atomic E-state index is -4.43. The normalized spacial score (nSPS) is 12.3. The maximum absolute atomic E-state index is 12.4. The van der Waals surface area contributed by atoms with E-state index >= 15 is 0 Å². The van der Waals surface area contributed by atoms with Crippen molar-refractivity contribution in [3.05, 3.63) is 35.0 Å². The maximum atomic E-state index is 12.4. The Labute approximate surface area is 82.1 Å². The van der Waals surface area contributed by atoms with Gasteiger partial charge in [-0.1, -0.05) is 11.6 Å². The summed E-state index contributed by atoms with van der Waals surface area (Å²) < 4.78 is 42.0. The summed E-state index contributed by atoms with van der Waals surface area (Å²) in [7, 11) is 0. The highest BCUT2D eigenvalue weighted by Crippen LogP contribution is 2.38. The standard InChI is InChI=1S/C9H4ClF3O/c10-8-5-3-4-14-7(5)2-1-6(8)9(11,12)13/h1-4H. The Kier molecular flexibility index (Phi) is 1.96. The van der Waals surface area contributed by atoms with Gasteiger partial charge < -0.3 is 4.42 Å². The van der Waals surface area contributed by atoms with Crippen LogP contribution in [0.25, 0.3) is 11.0 Å². The molecule has 0 radical (unpaired) electrons. The van der Waals surface area contributed by atoms with Gasteiger partial charge in [0.05, 0.1) is 16.8 Å². The third-order valence-corrected chi connectivity index (χ3v) is 2.28. The summed E-state index contributed by atoms with van der Waals surface area (Å²) in [4.78, 5) is 0. The summed E-state index contributed by atoms with van der Waals surface area (Å²) in [5, 5.41) is -0.0368. The Morgan fingerprint density at radius 2 is 1.86 bits per heavy atom. The molecule has 74 valence electrons. The van der Waals surface area contributed by atoms with Crippen LogP contribution in [-0.4, -0.2) is 0 Å². The van der Waals surface area contributed by atoms with Crippen molar-refractivity contribution >= 4 is 22.6 Å². The highest BCUT2D eigenvalue weighted by atomic mass is 35.5. The SMILES string of the molecule is FC(F)(F)c1ccc2occc2c1Cl. The molecular formula is C9H4ClF3O. The first-order valence-corrected chi connectivity index (χ1v) is 4.11. The van der Waals surface area contributed by atoms with Gasteiger partial charge >= 0.3 is 6.18 Å². The van der Waals surface area contributed by atoms with E-state index in [2.05, 4.69) is 0 Å². The predicted molar refractivity (Wildman–Crippen MR) is 46.2 cm³/mol. The average molecular weight is 221 g/mol. The molecule has 0 saturated carbocycles. The molecule has 1 aromatic heterocycles. The van der Waals surface area contributed by atoms with Gasteiger partial charge in [0.25, 0.3) is 0 Å². The van der Waals surface area contributed by atoms with Crippen molar-refractivity contribution in [1.29, 1.82) is 0 Å². The Morgan fingerprint density at radius 3 is 2.50 bits per heavy atom. The maximum Gasteiger partial charge on any atom is 0.417 e. The molecule has 1 nitrogen and oxygen atoms in total. The topological polar surface area (TPSA) is 13.1 Å². The molecule has 0 N–H and O–H groups in total. The van der Waals surface area contributed by atoms with E-state index in [4.69, 9.17) is 16.0 Å². The fraction of sp³-hybridized carbons (Fsp3) is 0.111. The van der Waals surface area contributed by atoms with Gasteiger partial charge in [0.2, 0.25) is 0 Å². The van der Waals surface area contributed by atoms with Gasteiger partial charge in [0.1, 0.15) is 5.58 Å². The second-order valence-corrected chi connectivity index (χ2v) is 3.14. The van der Waals surface area contributed by atoms with Crippen LogP contribution in [0.1, 0.15) is 5.56 Å². The van der Waals surface area contributed by atoms with Crippen molar-refractivity contribution in [1.82, 2.24) is 0 Å². The first-order valence-electron chi connectivity index (χ1n) is 3.73. The molecule has 0 aliphatic carbocycles. The Bertz CT molecular complexity index is 472. The predicted octanol–water partition coefficient (Wildman–Crippen LogP) is 4.11. The van der Waals surface area contributed by atoms with Crippen molar-refractivity contribution in [2.24, 2.45) is 0 Å². The summed E-state index contributed by atoms with van der Waals surface area (Å²) in [6.45, 7) is 0. The van der Waals surface area contributed by atoms with Crippen LogP contribution in [0.5, 0.6) is 0 Å². The minimum absolute atomic E-state index is 0.279. The molecule has 2 aromatic rings. The van der Waals surface area contributed by atoms with Gasteiger partial charge in [-0.2, -0.15) is 13.2 Å². The first-order chi connectivity index (χ1) is 6.50. The van der Waals surface area contributed by atoms with Gasteiger partial charge in [0.15, 0.2) is 0 Å². The Morgan fingerprint density at radius 1 is 1.14 bits per heavy atom. The lowest BCUT2D eigenvalue weighted by Gasteiger charge is -2.08. The largest absolute Gasteiger partial charge is 0.464 e. The van der Waals surface area contributed by atoms with Gasteiger partial charge in [0, 0.05) is 5.39 Å². The monoisotopic (exact) mass is 220 g/mol. The van der Waals surface area contributed by atoms with Gasteiger partial charge in [-0.05, 0) is 18.2 Å². The fourth-order valence-corrected chi connectivity index (χ4v) is 1.55. The van der Waals surface area contributed by atoms with Crippen LogP contribution in [0.2, 0.25) is 5.02 Å². The summed E-state index contributed by atoms with van der Waals surface area (Å²) in [5.74, 6) is 0. The molecule has 5 heteroatoms. The lowest BCUT2D eigenvalue weighted by Crippen LogP contribution is -2.05. The van der Waals surface area contributed by atoms with Crippen LogP contribution < -0.4 is 0 Å². The molecule has 0 spiro atoms. The van der Waals surface area contributed by atoms with Crippen LogP contribution in [-0.2, 0) is 6.18 Å². The van der Waals surface area contributed by atoms with E-state index in [1.54, 1.807) is 0 Å². The second kappa shape index (κ2) is 2.92. The first kappa shape index (κ1) is 9.40. The van der Waals surface area contributed by atoms with Crippen molar-refractivity contribution in [3.8, 4) is 0 Å². The molecule has 1 heterocycles. The van der Waals surface area contributed by atoms with E-state index in [9.17, 15) is 13.2 Å². The highest BCUT2D eigenvalue weighted by molar-refractivity contribution is 6.36. The van der Waals surface area contributed by atoms with E-state index < -0.39 is 11.7 Å². The molecule has 0 saturated heterocycles. The van der Waals surface area contributed by atoms with Crippen molar-refractivity contribution in [3.63, 3.8) is 0 Å². The van der Waals surface area contributed by atoms with E-state index in [0.29, 0.717) is 5.58 Å². The van der Waals surface area contributed by atoms with E-state index in [1.165, 1.54) is 18.4 Å². The van der Waals surface area contributed by atoms with Crippen LogP contribution in [0.4, 0.5) is 13.2 Å². The van der Waals surface area contributed by atoms with E-state index in [1.807, 2.05) is 0 Å². The third kappa shape index (κ3) is 1.35. The van der Waals surface area contributed by atoms with Crippen molar-refractivity contribution in [2.75, 3.05) is 0 Å². The molecule has 0 aliphatic rings. The summed E-state index contributed by atoms with van der Waals surface area (Å²) in [6.07, 6.45) is -3.13. The van der Waals surface area contributed by atoms with Crippen LogP contribution in [0.15, 0.2) is 28.9 Å². The lowest BCUT2D eigenvalue weighted by atomic mass is 10.1. The van der Waals surface area contributed by atoms with Crippen LogP contribution in [0, 0.1) is 0 Å². The Hall–Kier alpha value is -1.16. The van der Waals surface area contributed by atoms with Crippen molar-refractivity contribution in [2.45, 2.75) is 6.18 Å². The fourth-order valence-electron chi connectivity index (χ4n) is 1.23. The molecule has 0 fully saturated rings. The lowest BCUT2D eigenvalue weighted by molar-refractivity contribution is -0.137. The zero-order valence-corrected chi connectivity index (χ0v) is 7.49. The number of hydrogen-bond acceptors (Lipinski definition) is 1. The smallest absolute Gasteiger partial charge is 0.417 e. The number of rotatable bonds is 0. The zero-order valence-electron chi connectivity index (χ0n) is 6.73. The minimum Gasteiger partial charge on any atom is -0.464 e. The molecule has 0 aliphatic heterocycles. The molecule has 0 amide bonds. The zero-order chi connectivity index (χ0) is 10.3. The number of fused-ring (bicyclic) bond motifs is 1. The number of furan rings is 1. The van der Waals surface area contributed by atoms with Gasteiger partial charge in [-0.3, -0.25) is 0 Å². The average Bonchev–Trinajstić information content (AvgIpc) is 2.50. The highest BCUT2D eigenvalue weighted by Gasteiger charge is 2.33. The van der Waals surface area contributed by atoms with Crippen LogP contribution in [0.3, 0.4) is 0 Å². The summed E-state index contributed by atoms with van der Waals surface area (Å²) in [5.41, 5.74) is -0.490. The van der Waals surface area contributed by atoms with E-state index in [-0.39, 0.29) is 10.4 Å². The van der Waals surface area contributed by atoms with Gasteiger partial charge in [-0.25, -0.2) is 0 Å². The number of benzene rings is 1. The third-order valence-electron chi connectivity index (χ3n) is 1.87. The number of hydrogen-bond donors (Lipinski definition) is 0. The Balaban J connectivity index is 2.74. The van der Waals surface area contributed by atoms with Crippen LogP contribution >= 0.6 is 11.6 Å². The molecule has 0 unspecified atom stereocenters. The molecule has 0 atom stereocenters. The number of alkyl halides is 3. The second-order valence-electron chi connectivity index (χ2n) is 2.76. The quantitative estimate of drug-likeness (QED) is 0.651. The summed E-state index contributed by atoms with van der Waals surface area (Å²) in [6, 6.07) is 3.57. The van der Waals surface area contributed by atoms with E-state index in [0.717, 1.165) is 6.07 Å². The molecule has 0 bridgehead atoms.